The molecule has 4 aliphatic heterocycles. The Morgan fingerprint density at radius 3 is 2.65 bits per heavy atom. The number of hydrogen-bond donors (Lipinski definition) is 3. The number of nitrogens with zero attached hydrogens (tertiary/aromatic N) is 4. The molecule has 3 atom stereocenters. The van der Waals surface area contributed by atoms with Gasteiger partial charge in [-0.2, -0.15) is 9.97 Å². The van der Waals surface area contributed by atoms with Gasteiger partial charge in [0.25, 0.3) is 5.91 Å². The topological polar surface area (TPSA) is 214 Å². The number of pyridine rings is 2. The summed E-state index contributed by atoms with van der Waals surface area (Å²) in [5, 5.41) is 15.7. The zero-order valence-corrected chi connectivity index (χ0v) is 26.3. The van der Waals surface area contributed by atoms with E-state index in [1.165, 1.54) is 18.2 Å². The van der Waals surface area contributed by atoms with Gasteiger partial charge in [0.1, 0.15) is 24.0 Å². The summed E-state index contributed by atoms with van der Waals surface area (Å²) in [4.78, 5) is 38.1. The van der Waals surface area contributed by atoms with Gasteiger partial charge in [0.2, 0.25) is 21.6 Å². The summed E-state index contributed by atoms with van der Waals surface area (Å²) < 4.78 is 52.6. The van der Waals surface area contributed by atoms with Gasteiger partial charge in [0, 0.05) is 31.4 Å². The maximum Gasteiger partial charge on any atom is 0.300 e. The van der Waals surface area contributed by atoms with Gasteiger partial charge in [-0.05, 0) is 49.4 Å². The van der Waals surface area contributed by atoms with Crippen molar-refractivity contribution in [1.82, 2.24) is 15.0 Å². The van der Waals surface area contributed by atoms with Crippen LogP contribution in [0.15, 0.2) is 52.5 Å². The lowest BCUT2D eigenvalue weighted by atomic mass is 9.91. The van der Waals surface area contributed by atoms with Crippen molar-refractivity contribution >= 4 is 49.5 Å². The molecule has 0 radical (unpaired) electrons. The second kappa shape index (κ2) is 11.6. The number of anilines is 3. The summed E-state index contributed by atoms with van der Waals surface area (Å²) in [5.41, 5.74) is 6.29. The third-order valence-corrected chi connectivity index (χ3v) is 11.0. The molecule has 250 valence electrons. The minimum atomic E-state index is -4.66. The monoisotopic (exact) mass is 677 g/mol. The first-order valence-electron chi connectivity index (χ1n) is 15.6. The summed E-state index contributed by atoms with van der Waals surface area (Å²) in [5.74, 6) is -0.703. The molecule has 4 N–H and O–H groups in total. The van der Waals surface area contributed by atoms with Gasteiger partial charge in [-0.15, -0.1) is 0 Å². The average molecular weight is 678 g/mol. The minimum Gasteiger partial charge on any atom is -0.474 e. The first-order chi connectivity index (χ1) is 23.2. The number of nitrogens with one attached hydrogen (secondary N) is 2. The largest absolute Gasteiger partial charge is 0.474 e. The molecule has 16 nitrogen and oxygen atoms in total. The number of rotatable bonds is 6. The van der Waals surface area contributed by atoms with Gasteiger partial charge < -0.3 is 39.9 Å². The van der Waals surface area contributed by atoms with Crippen LogP contribution in [0.1, 0.15) is 29.6 Å². The molecule has 0 unspecified atom stereocenters. The molecule has 8 rings (SSSR count). The van der Waals surface area contributed by atoms with Gasteiger partial charge in [-0.3, -0.25) is 14.9 Å². The Morgan fingerprint density at radius 1 is 1.04 bits per heavy atom. The normalized spacial score (nSPS) is 22.4. The number of aromatic amines is 1. The van der Waals surface area contributed by atoms with E-state index in [0.717, 1.165) is 24.3 Å². The van der Waals surface area contributed by atoms with Gasteiger partial charge in [-0.1, -0.05) is 6.07 Å². The zero-order chi connectivity index (χ0) is 33.2. The molecule has 0 aliphatic carbocycles. The number of carbonyl (C=O) groups is 1. The summed E-state index contributed by atoms with van der Waals surface area (Å²) >= 11 is 0. The fourth-order valence-electron chi connectivity index (χ4n) is 7.01. The number of aromatic nitrogens is 3. The van der Waals surface area contributed by atoms with Crippen LogP contribution in [0.25, 0.3) is 11.0 Å². The Bertz CT molecular complexity index is 2060. The minimum absolute atomic E-state index is 0.0102. The number of nitrogens with two attached hydrogens (primary N) is 1. The predicted molar refractivity (Wildman–Crippen MR) is 170 cm³/mol. The number of H-pyrrole nitrogens is 1. The summed E-state index contributed by atoms with van der Waals surface area (Å²) in [7, 11) is -4.66. The van der Waals surface area contributed by atoms with Crippen LogP contribution in [0.5, 0.6) is 11.8 Å². The molecular formula is C31H31N7O9S. The van der Waals surface area contributed by atoms with E-state index >= 15 is 0 Å². The summed E-state index contributed by atoms with van der Waals surface area (Å²) in [6.45, 7) is 1.85. The van der Waals surface area contributed by atoms with Crippen molar-refractivity contribution in [2.45, 2.75) is 47.4 Å². The quantitative estimate of drug-likeness (QED) is 0.198. The average Bonchev–Trinajstić information content (AvgIpc) is 3.56. The predicted octanol–water partition coefficient (Wildman–Crippen LogP) is 3.09. The van der Waals surface area contributed by atoms with Crippen molar-refractivity contribution < 1.29 is 37.1 Å². The Morgan fingerprint density at radius 2 is 1.85 bits per heavy atom. The Balaban J connectivity index is 1.29. The summed E-state index contributed by atoms with van der Waals surface area (Å²) in [6, 6.07) is 7.99. The molecule has 0 spiro atoms. The molecule has 7 heterocycles. The molecule has 4 aliphatic rings. The zero-order valence-electron chi connectivity index (χ0n) is 25.5. The number of carbonyl (C=O) groups excluding carboxylic acids is 1. The van der Waals surface area contributed by atoms with Gasteiger partial charge in [0.15, 0.2) is 10.7 Å². The number of primary amides is 1. The van der Waals surface area contributed by atoms with Crippen LogP contribution in [0, 0.1) is 16.0 Å². The van der Waals surface area contributed by atoms with Crippen LogP contribution in [0.4, 0.5) is 22.7 Å². The Kier molecular flexibility index (Phi) is 7.34. The molecule has 1 aromatic carbocycles. The number of amides is 1. The number of fused-ring (bicyclic) bond motifs is 4. The number of para-hydroxylation sites is 1. The van der Waals surface area contributed by atoms with Gasteiger partial charge >= 0.3 is 5.69 Å². The van der Waals surface area contributed by atoms with Crippen molar-refractivity contribution in [3.05, 3.63) is 58.3 Å². The highest BCUT2D eigenvalue weighted by molar-refractivity contribution is 7.91. The van der Waals surface area contributed by atoms with E-state index in [4.69, 9.17) is 24.7 Å². The lowest BCUT2D eigenvalue weighted by molar-refractivity contribution is -0.384. The number of nitro groups is 1. The molecule has 4 aromatic rings. The molecule has 2 fully saturated rings. The van der Waals surface area contributed by atoms with E-state index in [2.05, 4.69) is 20.3 Å². The highest BCUT2D eigenvalue weighted by Gasteiger charge is 2.44. The molecule has 0 saturated carbocycles. The van der Waals surface area contributed by atoms with E-state index in [1.54, 1.807) is 17.2 Å². The lowest BCUT2D eigenvalue weighted by Gasteiger charge is -2.45. The molecule has 48 heavy (non-hydrogen) atoms. The molecule has 3 aromatic heterocycles. The third kappa shape index (κ3) is 4.96. The van der Waals surface area contributed by atoms with Crippen molar-refractivity contribution in [2.24, 2.45) is 11.7 Å². The SMILES string of the molecule is NC(=O)c1cccc(S(=O)(=O)c2cc([N+](=O)[O-])c3c(n2)OC[C@@H](C2CCOCC2)N3)c1N1c2cc3cc[nH]c3nc2O[C@H]2COCC[C@@H]21. The van der Waals surface area contributed by atoms with Crippen molar-refractivity contribution in [2.75, 3.05) is 43.3 Å². The highest BCUT2D eigenvalue weighted by Crippen LogP contribution is 2.48. The Hall–Kier alpha value is -5.00. The van der Waals surface area contributed by atoms with Crippen LogP contribution < -0.4 is 25.4 Å². The maximum atomic E-state index is 14.7. The molecule has 0 bridgehead atoms. The molecule has 17 heteroatoms. The van der Waals surface area contributed by atoms with E-state index in [9.17, 15) is 23.3 Å². The third-order valence-electron chi connectivity index (χ3n) is 9.38. The van der Waals surface area contributed by atoms with E-state index in [0.29, 0.717) is 37.6 Å². The maximum absolute atomic E-state index is 14.7. The second-order valence-electron chi connectivity index (χ2n) is 12.1. The van der Waals surface area contributed by atoms with Gasteiger partial charge in [-0.25, -0.2) is 8.42 Å². The lowest BCUT2D eigenvalue weighted by Crippen LogP contribution is -2.53. The van der Waals surface area contributed by atoms with Crippen LogP contribution in [-0.4, -0.2) is 85.4 Å². The first kappa shape index (κ1) is 30.3. The van der Waals surface area contributed by atoms with Crippen LogP contribution in [-0.2, 0) is 19.3 Å². The van der Waals surface area contributed by atoms with Gasteiger partial charge in [0.05, 0.1) is 45.8 Å². The van der Waals surface area contributed by atoms with Crippen molar-refractivity contribution in [3.8, 4) is 11.8 Å². The van der Waals surface area contributed by atoms with Crippen molar-refractivity contribution in [1.29, 1.82) is 0 Å². The van der Waals surface area contributed by atoms with Crippen LogP contribution in [0.2, 0.25) is 0 Å². The Labute approximate surface area is 273 Å². The fraction of sp³-hybridized carbons (Fsp3) is 0.387. The second-order valence-corrected chi connectivity index (χ2v) is 14.0. The highest BCUT2D eigenvalue weighted by atomic mass is 32.2. The number of ether oxygens (including phenoxy) is 4. The summed E-state index contributed by atoms with van der Waals surface area (Å²) in [6.07, 6.45) is 3.10. The number of benzene rings is 1. The molecular weight excluding hydrogens is 646 g/mol. The standard InChI is InChI=1S/C31H31N7O9S/c32-28(39)18-2-1-3-24(27(18)37-20-7-11-45-15-23(20)47-30-22(37)12-17-4-8-33-29(17)36-30)48(42,43)25-13-21(38(40)41)26-31(35-25)46-14-19(34-26)16-5-9-44-10-6-16/h1-4,8,12-13,16,19-20,23,34H,5-7,9-11,14-15H2,(H2,32,39)(H,33,36)/t19-,20-,23-/m0/s1. The molecule has 1 amide bonds. The fourth-order valence-corrected chi connectivity index (χ4v) is 8.42. The van der Waals surface area contributed by atoms with Crippen LogP contribution in [0.3, 0.4) is 0 Å². The van der Waals surface area contributed by atoms with Crippen LogP contribution >= 0.6 is 0 Å². The van der Waals surface area contributed by atoms with Crippen molar-refractivity contribution in [3.63, 3.8) is 0 Å². The van der Waals surface area contributed by atoms with E-state index < -0.39 is 43.5 Å². The number of sulfone groups is 1. The number of hydrogen-bond acceptors (Lipinski definition) is 13. The van der Waals surface area contributed by atoms with E-state index in [-0.39, 0.29) is 58.8 Å². The molecule has 2 saturated heterocycles. The smallest absolute Gasteiger partial charge is 0.300 e. The first-order valence-corrected chi connectivity index (χ1v) is 17.0. The van der Waals surface area contributed by atoms with E-state index in [1.807, 2.05) is 6.07 Å².